The summed E-state index contributed by atoms with van der Waals surface area (Å²) in [5.74, 6) is -0.775. The maximum atomic E-state index is 14.6. The first-order valence-corrected chi connectivity index (χ1v) is 9.05. The van der Waals surface area contributed by atoms with Crippen molar-refractivity contribution in [3.05, 3.63) is 57.8 Å². The minimum Gasteiger partial charge on any atom is -0.372 e. The molecule has 0 aromatic heterocycles. The number of benzene rings is 2. The predicted octanol–water partition coefficient (Wildman–Crippen LogP) is 5.00. The van der Waals surface area contributed by atoms with Crippen LogP contribution in [0.5, 0.6) is 0 Å². The molecule has 0 spiro atoms. The number of carbonyl (C=O) groups is 1. The monoisotopic (exact) mass is 396 g/mol. The minimum absolute atomic E-state index is 0.0344. The molecule has 2 aromatic rings. The third-order valence-electron chi connectivity index (χ3n) is 4.15. The maximum absolute atomic E-state index is 14.6. The number of hydrogen-bond donors (Lipinski definition) is 1. The zero-order valence-electron chi connectivity index (χ0n) is 14.4. The molecule has 1 amide bonds. The van der Waals surface area contributed by atoms with Gasteiger partial charge in [0.2, 0.25) is 0 Å². The first-order chi connectivity index (χ1) is 12.3. The van der Waals surface area contributed by atoms with Crippen molar-refractivity contribution in [2.24, 2.45) is 0 Å². The van der Waals surface area contributed by atoms with Crippen molar-refractivity contribution in [2.75, 3.05) is 23.3 Å². The van der Waals surface area contributed by atoms with E-state index < -0.39 is 5.82 Å². The molecular formula is C19H19Cl2FN2O2. The van der Waals surface area contributed by atoms with Gasteiger partial charge in [0.15, 0.2) is 0 Å². The van der Waals surface area contributed by atoms with Gasteiger partial charge in [-0.2, -0.15) is 0 Å². The molecule has 2 aromatic carbocycles. The van der Waals surface area contributed by atoms with E-state index in [2.05, 4.69) is 5.32 Å². The van der Waals surface area contributed by atoms with Gasteiger partial charge < -0.3 is 15.0 Å². The number of carbonyl (C=O) groups excluding carboxylic acids is 1. The minimum atomic E-state index is -0.391. The summed E-state index contributed by atoms with van der Waals surface area (Å²) in [4.78, 5) is 14.3. The van der Waals surface area contributed by atoms with Gasteiger partial charge in [-0.3, -0.25) is 4.79 Å². The van der Waals surface area contributed by atoms with E-state index >= 15 is 0 Å². The Kier molecular flexibility index (Phi) is 5.70. The lowest BCUT2D eigenvalue weighted by molar-refractivity contribution is -0.00539. The number of nitrogens with one attached hydrogen (secondary N) is 1. The summed E-state index contributed by atoms with van der Waals surface area (Å²) < 4.78 is 20.3. The van der Waals surface area contributed by atoms with Crippen molar-refractivity contribution >= 4 is 40.5 Å². The molecule has 26 heavy (non-hydrogen) atoms. The lowest BCUT2D eigenvalue weighted by Crippen LogP contribution is -2.45. The number of halogens is 3. The van der Waals surface area contributed by atoms with E-state index in [0.29, 0.717) is 35.1 Å². The second-order valence-corrected chi connectivity index (χ2v) is 7.23. The van der Waals surface area contributed by atoms with E-state index in [1.165, 1.54) is 12.1 Å². The van der Waals surface area contributed by atoms with Crippen LogP contribution in [0.3, 0.4) is 0 Å². The Morgan fingerprint density at radius 3 is 2.42 bits per heavy atom. The number of anilines is 2. The molecule has 138 valence electrons. The molecule has 2 atom stereocenters. The molecule has 1 saturated heterocycles. The highest BCUT2D eigenvalue weighted by molar-refractivity contribution is 6.42. The van der Waals surface area contributed by atoms with E-state index in [-0.39, 0.29) is 23.1 Å². The number of morpholine rings is 1. The third kappa shape index (κ3) is 4.29. The van der Waals surface area contributed by atoms with Crippen molar-refractivity contribution in [2.45, 2.75) is 26.1 Å². The Labute approximate surface area is 161 Å². The standard InChI is InChI=1S/C19H19Cl2FN2O2/c1-11-9-24(10-12(2)26-11)18-6-4-14(8-17(18)22)23-19(25)13-3-5-15(20)16(21)7-13/h3-8,11-12H,9-10H2,1-2H3,(H,23,25). The number of rotatable bonds is 3. The van der Waals surface area contributed by atoms with Gasteiger partial charge in [0.05, 0.1) is 27.9 Å². The number of nitrogens with zero attached hydrogens (tertiary/aromatic N) is 1. The normalized spacial score (nSPS) is 20.1. The summed E-state index contributed by atoms with van der Waals surface area (Å²) in [5, 5.41) is 3.33. The quantitative estimate of drug-likeness (QED) is 0.793. The molecule has 0 aliphatic carbocycles. The van der Waals surface area contributed by atoms with Gasteiger partial charge in [0, 0.05) is 24.3 Å². The average Bonchev–Trinajstić information content (AvgIpc) is 2.56. The second kappa shape index (κ2) is 7.82. The predicted molar refractivity (Wildman–Crippen MR) is 103 cm³/mol. The van der Waals surface area contributed by atoms with Gasteiger partial charge in [-0.1, -0.05) is 23.2 Å². The Bertz CT molecular complexity index is 821. The van der Waals surface area contributed by atoms with Crippen LogP contribution < -0.4 is 10.2 Å². The third-order valence-corrected chi connectivity index (χ3v) is 4.89. The van der Waals surface area contributed by atoms with E-state index in [0.717, 1.165) is 0 Å². The molecule has 0 radical (unpaired) electrons. The SMILES string of the molecule is CC1CN(c2ccc(NC(=O)c3ccc(Cl)c(Cl)c3)cc2F)CC(C)O1. The Hall–Kier alpha value is -1.82. The van der Waals surface area contributed by atoms with Gasteiger partial charge in [-0.15, -0.1) is 0 Å². The molecule has 1 aliphatic rings. The van der Waals surface area contributed by atoms with Crippen LogP contribution in [0.25, 0.3) is 0 Å². The zero-order valence-corrected chi connectivity index (χ0v) is 15.9. The van der Waals surface area contributed by atoms with Gasteiger partial charge in [0.1, 0.15) is 5.82 Å². The summed E-state index contributed by atoms with van der Waals surface area (Å²) in [6.45, 7) is 5.17. The molecule has 3 rings (SSSR count). The van der Waals surface area contributed by atoms with Gasteiger partial charge in [0.25, 0.3) is 5.91 Å². The lowest BCUT2D eigenvalue weighted by atomic mass is 10.1. The average molecular weight is 397 g/mol. The Morgan fingerprint density at radius 2 is 1.81 bits per heavy atom. The van der Waals surface area contributed by atoms with Gasteiger partial charge >= 0.3 is 0 Å². The molecule has 1 fully saturated rings. The van der Waals surface area contributed by atoms with E-state index in [1.54, 1.807) is 24.3 Å². The van der Waals surface area contributed by atoms with Crippen molar-refractivity contribution in [3.63, 3.8) is 0 Å². The largest absolute Gasteiger partial charge is 0.372 e. The summed E-state index contributed by atoms with van der Waals surface area (Å²) in [5.41, 5.74) is 1.22. The molecule has 7 heteroatoms. The highest BCUT2D eigenvalue weighted by Crippen LogP contribution is 2.27. The zero-order chi connectivity index (χ0) is 18.8. The fourth-order valence-corrected chi connectivity index (χ4v) is 3.35. The lowest BCUT2D eigenvalue weighted by Gasteiger charge is -2.37. The topological polar surface area (TPSA) is 41.6 Å². The van der Waals surface area contributed by atoms with Crippen molar-refractivity contribution in [3.8, 4) is 0 Å². The van der Waals surface area contributed by atoms with E-state index in [4.69, 9.17) is 27.9 Å². The molecule has 1 aliphatic heterocycles. The molecule has 4 nitrogen and oxygen atoms in total. The Balaban J connectivity index is 1.75. The van der Waals surface area contributed by atoms with Crippen LogP contribution in [0.15, 0.2) is 36.4 Å². The van der Waals surface area contributed by atoms with Crippen LogP contribution >= 0.6 is 23.2 Å². The van der Waals surface area contributed by atoms with Gasteiger partial charge in [-0.05, 0) is 50.2 Å². The van der Waals surface area contributed by atoms with Crippen LogP contribution in [0, 0.1) is 5.82 Å². The second-order valence-electron chi connectivity index (χ2n) is 6.41. The number of hydrogen-bond acceptors (Lipinski definition) is 3. The van der Waals surface area contributed by atoms with Gasteiger partial charge in [-0.25, -0.2) is 4.39 Å². The highest BCUT2D eigenvalue weighted by atomic mass is 35.5. The van der Waals surface area contributed by atoms with Crippen LogP contribution in [0.1, 0.15) is 24.2 Å². The summed E-state index contributed by atoms with van der Waals surface area (Å²) in [6.07, 6.45) is 0.0689. The van der Waals surface area contributed by atoms with Crippen LogP contribution in [-0.4, -0.2) is 31.2 Å². The van der Waals surface area contributed by atoms with Crippen molar-refractivity contribution in [1.29, 1.82) is 0 Å². The fourth-order valence-electron chi connectivity index (χ4n) is 3.06. The molecule has 2 unspecified atom stereocenters. The molecular weight excluding hydrogens is 378 g/mol. The highest BCUT2D eigenvalue weighted by Gasteiger charge is 2.24. The van der Waals surface area contributed by atoms with Crippen LogP contribution in [0.4, 0.5) is 15.8 Å². The van der Waals surface area contributed by atoms with Crippen LogP contribution in [-0.2, 0) is 4.74 Å². The summed E-state index contributed by atoms with van der Waals surface area (Å²) in [6, 6.07) is 9.24. The van der Waals surface area contributed by atoms with Crippen molar-refractivity contribution in [1.82, 2.24) is 0 Å². The molecule has 0 bridgehead atoms. The number of ether oxygens (including phenoxy) is 1. The Morgan fingerprint density at radius 1 is 1.12 bits per heavy atom. The molecule has 1 N–H and O–H groups in total. The summed E-state index contributed by atoms with van der Waals surface area (Å²) >= 11 is 11.8. The van der Waals surface area contributed by atoms with Crippen LogP contribution in [0.2, 0.25) is 10.0 Å². The fraction of sp³-hybridized carbons (Fsp3) is 0.316. The number of amides is 1. The summed E-state index contributed by atoms with van der Waals surface area (Å²) in [7, 11) is 0. The first kappa shape index (κ1) is 19.0. The van der Waals surface area contributed by atoms with E-state index in [1.807, 2.05) is 18.7 Å². The smallest absolute Gasteiger partial charge is 0.255 e. The maximum Gasteiger partial charge on any atom is 0.255 e. The van der Waals surface area contributed by atoms with E-state index in [9.17, 15) is 9.18 Å². The van der Waals surface area contributed by atoms with Crippen molar-refractivity contribution < 1.29 is 13.9 Å². The first-order valence-electron chi connectivity index (χ1n) is 8.30. The molecule has 1 heterocycles. The molecule has 0 saturated carbocycles.